The van der Waals surface area contributed by atoms with Crippen LogP contribution in [0.3, 0.4) is 0 Å². The number of pyridine rings is 1. The lowest BCUT2D eigenvalue weighted by molar-refractivity contribution is 0.412. The lowest BCUT2D eigenvalue weighted by atomic mass is 10.2. The summed E-state index contributed by atoms with van der Waals surface area (Å²) in [4.78, 5) is 17.4. The average molecular weight is 358 g/mol. The highest BCUT2D eigenvalue weighted by atomic mass is 16.5. The third-order valence-corrected chi connectivity index (χ3v) is 3.85. The van der Waals surface area contributed by atoms with Crippen LogP contribution < -0.4 is 15.0 Å². The van der Waals surface area contributed by atoms with Crippen molar-refractivity contribution in [1.29, 1.82) is 10.5 Å². The Hall–Kier alpha value is -4.10. The number of methoxy groups -OCH3 is 1. The molecule has 2 heterocycles. The van der Waals surface area contributed by atoms with E-state index in [-0.39, 0.29) is 17.0 Å². The van der Waals surface area contributed by atoms with E-state index in [1.807, 2.05) is 13.0 Å². The number of aromatic nitrogens is 2. The van der Waals surface area contributed by atoms with Crippen LogP contribution in [-0.2, 0) is 0 Å². The molecule has 3 aromatic rings. The molecule has 0 atom stereocenters. The van der Waals surface area contributed by atoms with Gasteiger partial charge in [0.1, 0.15) is 40.4 Å². The Morgan fingerprint density at radius 2 is 1.81 bits per heavy atom. The van der Waals surface area contributed by atoms with E-state index in [4.69, 9.17) is 20.0 Å². The molecule has 0 amide bonds. The molecule has 132 valence electrons. The molecule has 0 saturated heterocycles. The molecular weight excluding hydrogens is 344 g/mol. The van der Waals surface area contributed by atoms with Gasteiger partial charge in [-0.25, -0.2) is 0 Å². The van der Waals surface area contributed by atoms with Gasteiger partial charge in [0, 0.05) is 6.20 Å². The van der Waals surface area contributed by atoms with Crippen molar-refractivity contribution in [2.75, 3.05) is 7.11 Å². The second-order valence-corrected chi connectivity index (χ2v) is 5.58. The fourth-order valence-electron chi connectivity index (χ4n) is 2.48. The predicted molar refractivity (Wildman–Crippen MR) is 98.5 cm³/mol. The van der Waals surface area contributed by atoms with Crippen LogP contribution in [0.5, 0.6) is 17.4 Å². The predicted octanol–water partition coefficient (Wildman–Crippen LogP) is 3.23. The van der Waals surface area contributed by atoms with Crippen molar-refractivity contribution in [2.45, 2.75) is 6.92 Å². The standard InChI is InChI=1S/C20H14N4O3/c1-13-4-3-9-24-18(13)23-19(17(20(24)25)10-14(11-21)12-22)27-16-7-5-15(26-2)6-8-16/h3-10H,1-2H3. The molecule has 27 heavy (non-hydrogen) atoms. The number of aryl methyl sites for hydroxylation is 1. The van der Waals surface area contributed by atoms with Crippen molar-refractivity contribution < 1.29 is 9.47 Å². The number of benzene rings is 1. The minimum Gasteiger partial charge on any atom is -0.497 e. The SMILES string of the molecule is COc1ccc(Oc2nc3c(C)cccn3c(=O)c2C=C(C#N)C#N)cc1. The first-order chi connectivity index (χ1) is 13.1. The molecule has 1 aromatic carbocycles. The zero-order valence-corrected chi connectivity index (χ0v) is 14.6. The van der Waals surface area contributed by atoms with Gasteiger partial charge in [0.15, 0.2) is 0 Å². The van der Waals surface area contributed by atoms with Crippen molar-refractivity contribution in [1.82, 2.24) is 9.38 Å². The van der Waals surface area contributed by atoms with Crippen LogP contribution in [-0.4, -0.2) is 16.5 Å². The fourth-order valence-corrected chi connectivity index (χ4v) is 2.48. The molecule has 0 bridgehead atoms. The van der Waals surface area contributed by atoms with Crippen molar-refractivity contribution in [3.05, 3.63) is 69.6 Å². The van der Waals surface area contributed by atoms with Crippen molar-refractivity contribution in [3.8, 4) is 29.5 Å². The van der Waals surface area contributed by atoms with E-state index in [9.17, 15) is 4.79 Å². The monoisotopic (exact) mass is 358 g/mol. The second kappa shape index (κ2) is 7.42. The number of allylic oxidation sites excluding steroid dienone is 1. The minimum absolute atomic E-state index is 0.0162. The first-order valence-corrected chi connectivity index (χ1v) is 7.93. The van der Waals surface area contributed by atoms with Gasteiger partial charge in [-0.15, -0.1) is 0 Å². The normalized spacial score (nSPS) is 9.93. The minimum atomic E-state index is -0.435. The molecule has 0 N–H and O–H groups in total. The molecule has 3 rings (SSSR count). The zero-order chi connectivity index (χ0) is 19.4. The summed E-state index contributed by atoms with van der Waals surface area (Å²) < 4.78 is 12.3. The van der Waals surface area contributed by atoms with Crippen LogP contribution >= 0.6 is 0 Å². The summed E-state index contributed by atoms with van der Waals surface area (Å²) >= 11 is 0. The highest BCUT2D eigenvalue weighted by Crippen LogP contribution is 2.26. The Balaban J connectivity index is 2.23. The van der Waals surface area contributed by atoms with Crippen molar-refractivity contribution in [2.24, 2.45) is 0 Å². The summed E-state index contributed by atoms with van der Waals surface area (Å²) in [5, 5.41) is 18.1. The van der Waals surface area contributed by atoms with Crippen LogP contribution in [0.15, 0.2) is 53.0 Å². The Bertz CT molecular complexity index is 1160. The van der Waals surface area contributed by atoms with Gasteiger partial charge in [-0.1, -0.05) is 6.07 Å². The van der Waals surface area contributed by atoms with Crippen LogP contribution in [0, 0.1) is 29.6 Å². The summed E-state index contributed by atoms with van der Waals surface area (Å²) in [5.41, 5.74) is 0.576. The average Bonchev–Trinajstić information content (AvgIpc) is 2.69. The molecule has 0 spiro atoms. The summed E-state index contributed by atoms with van der Waals surface area (Å²) in [6.07, 6.45) is 2.76. The number of rotatable bonds is 4. The first kappa shape index (κ1) is 17.7. The third kappa shape index (κ3) is 3.48. The number of hydrogen-bond donors (Lipinski definition) is 0. The highest BCUT2D eigenvalue weighted by molar-refractivity contribution is 5.66. The first-order valence-electron chi connectivity index (χ1n) is 7.93. The lowest BCUT2D eigenvalue weighted by Crippen LogP contribution is -2.19. The lowest BCUT2D eigenvalue weighted by Gasteiger charge is -2.11. The van der Waals surface area contributed by atoms with Gasteiger partial charge in [-0.3, -0.25) is 9.20 Å². The molecule has 2 aromatic heterocycles. The molecular formula is C20H14N4O3. The highest BCUT2D eigenvalue weighted by Gasteiger charge is 2.15. The van der Waals surface area contributed by atoms with Crippen LogP contribution in [0.25, 0.3) is 11.7 Å². The van der Waals surface area contributed by atoms with E-state index in [2.05, 4.69) is 4.98 Å². The number of ether oxygens (including phenoxy) is 2. The molecule has 0 saturated carbocycles. The molecule has 7 heteroatoms. The van der Waals surface area contributed by atoms with Crippen molar-refractivity contribution >= 4 is 11.7 Å². The van der Waals surface area contributed by atoms with Crippen LogP contribution in [0.4, 0.5) is 0 Å². The molecule has 0 unspecified atom stereocenters. The van der Waals surface area contributed by atoms with E-state index in [0.717, 1.165) is 5.56 Å². The summed E-state index contributed by atoms with van der Waals surface area (Å²) in [6, 6.07) is 13.8. The van der Waals surface area contributed by atoms with Gasteiger partial charge in [0.2, 0.25) is 5.88 Å². The van der Waals surface area contributed by atoms with Gasteiger partial charge in [0.05, 0.1) is 7.11 Å². The van der Waals surface area contributed by atoms with Gasteiger partial charge in [-0.2, -0.15) is 15.5 Å². The van der Waals surface area contributed by atoms with Gasteiger partial charge in [-0.05, 0) is 48.9 Å². The van der Waals surface area contributed by atoms with E-state index >= 15 is 0 Å². The smallest absolute Gasteiger partial charge is 0.269 e. The molecule has 0 fully saturated rings. The molecule has 0 aliphatic rings. The molecule has 0 radical (unpaired) electrons. The van der Waals surface area contributed by atoms with Crippen LogP contribution in [0.2, 0.25) is 0 Å². The molecule has 0 aliphatic carbocycles. The summed E-state index contributed by atoms with van der Waals surface area (Å²) in [5.74, 6) is 1.11. The van der Waals surface area contributed by atoms with Crippen LogP contribution in [0.1, 0.15) is 11.1 Å². The third-order valence-electron chi connectivity index (χ3n) is 3.85. The Kier molecular flexibility index (Phi) is 4.87. The zero-order valence-electron chi connectivity index (χ0n) is 14.6. The Morgan fingerprint density at radius 1 is 1.15 bits per heavy atom. The topological polar surface area (TPSA) is 100 Å². The largest absolute Gasteiger partial charge is 0.497 e. The Morgan fingerprint density at radius 3 is 2.44 bits per heavy atom. The Labute approximate surface area is 155 Å². The van der Waals surface area contributed by atoms with E-state index in [0.29, 0.717) is 17.1 Å². The maximum Gasteiger partial charge on any atom is 0.269 e. The van der Waals surface area contributed by atoms with Gasteiger partial charge < -0.3 is 9.47 Å². The maximum atomic E-state index is 12.9. The van der Waals surface area contributed by atoms with Crippen molar-refractivity contribution in [3.63, 3.8) is 0 Å². The van der Waals surface area contributed by atoms with E-state index in [1.54, 1.807) is 55.8 Å². The number of hydrogen-bond acceptors (Lipinski definition) is 6. The quantitative estimate of drug-likeness (QED) is 0.664. The van der Waals surface area contributed by atoms with Gasteiger partial charge >= 0.3 is 0 Å². The maximum absolute atomic E-state index is 12.9. The number of fused-ring (bicyclic) bond motifs is 1. The van der Waals surface area contributed by atoms with Gasteiger partial charge in [0.25, 0.3) is 5.56 Å². The fraction of sp³-hybridized carbons (Fsp3) is 0.100. The summed E-state index contributed by atoms with van der Waals surface area (Å²) in [7, 11) is 1.55. The van der Waals surface area contributed by atoms with E-state index in [1.165, 1.54) is 10.5 Å². The molecule has 7 nitrogen and oxygen atoms in total. The molecule has 0 aliphatic heterocycles. The van der Waals surface area contributed by atoms with E-state index < -0.39 is 5.56 Å². The number of nitriles is 2. The number of nitrogens with zero attached hydrogens (tertiary/aromatic N) is 4. The second-order valence-electron chi connectivity index (χ2n) is 5.58. The summed E-state index contributed by atoms with van der Waals surface area (Å²) in [6.45, 7) is 1.82.